The van der Waals surface area contributed by atoms with Gasteiger partial charge in [-0.05, 0) is 49.1 Å². The maximum Gasteiger partial charge on any atom is 0.0256 e. The number of hydrogen-bond donors (Lipinski definition) is 1. The molecule has 1 nitrogen and oxygen atoms in total. The van der Waals surface area contributed by atoms with Gasteiger partial charge in [0.2, 0.25) is 0 Å². The maximum atomic E-state index is 6.67. The Morgan fingerprint density at radius 2 is 2.18 bits per heavy atom. The minimum Gasteiger partial charge on any atom is -0.324 e. The third-order valence-corrected chi connectivity index (χ3v) is 4.86. The Bertz CT molecular complexity index is 412. The van der Waals surface area contributed by atoms with Gasteiger partial charge < -0.3 is 5.73 Å². The first-order valence-electron chi connectivity index (χ1n) is 7.12. The number of aryl methyl sites for hydroxylation is 1. The second kappa shape index (κ2) is 4.13. The summed E-state index contributed by atoms with van der Waals surface area (Å²) in [5.41, 5.74) is 9.90. The van der Waals surface area contributed by atoms with E-state index in [1.54, 1.807) is 11.1 Å². The molecule has 2 aliphatic rings. The van der Waals surface area contributed by atoms with Crippen molar-refractivity contribution in [3.05, 3.63) is 35.4 Å². The molecule has 1 saturated carbocycles. The van der Waals surface area contributed by atoms with Gasteiger partial charge in [0.1, 0.15) is 0 Å². The lowest BCUT2D eigenvalue weighted by Gasteiger charge is -2.31. The molecule has 0 saturated heterocycles. The van der Waals surface area contributed by atoms with Crippen LogP contribution in [0.3, 0.4) is 0 Å². The van der Waals surface area contributed by atoms with E-state index in [0.29, 0.717) is 5.92 Å². The van der Waals surface area contributed by atoms with Gasteiger partial charge in [-0.2, -0.15) is 0 Å². The molecule has 0 bridgehead atoms. The molecular formula is C16H23N. The van der Waals surface area contributed by atoms with Crippen molar-refractivity contribution in [3.8, 4) is 0 Å². The van der Waals surface area contributed by atoms with Crippen LogP contribution in [0, 0.1) is 5.92 Å². The van der Waals surface area contributed by atoms with E-state index in [1.807, 2.05) is 0 Å². The third-order valence-electron chi connectivity index (χ3n) is 4.86. The lowest BCUT2D eigenvalue weighted by Crippen LogP contribution is -2.35. The highest BCUT2D eigenvalue weighted by molar-refractivity contribution is 5.38. The predicted molar refractivity (Wildman–Crippen MR) is 72.1 cm³/mol. The average molecular weight is 229 g/mol. The second-order valence-corrected chi connectivity index (χ2v) is 5.95. The lowest BCUT2D eigenvalue weighted by molar-refractivity contribution is 0.413. The topological polar surface area (TPSA) is 26.0 Å². The zero-order chi connectivity index (χ0) is 11.9. The summed E-state index contributed by atoms with van der Waals surface area (Å²) in [5.74, 6) is 1.41. The number of benzene rings is 1. The van der Waals surface area contributed by atoms with Crippen molar-refractivity contribution in [2.24, 2.45) is 11.7 Å². The molecule has 0 amide bonds. The molecule has 1 aromatic carbocycles. The highest BCUT2D eigenvalue weighted by Gasteiger charge is 2.55. The molecule has 92 valence electrons. The van der Waals surface area contributed by atoms with Crippen molar-refractivity contribution in [1.29, 1.82) is 0 Å². The SMILES string of the molecule is CCCC1CC1(N)C1CCCc2ccccc21. The summed E-state index contributed by atoms with van der Waals surface area (Å²) in [6.07, 6.45) is 7.71. The van der Waals surface area contributed by atoms with Crippen molar-refractivity contribution in [2.75, 3.05) is 0 Å². The Morgan fingerprint density at radius 3 is 3.00 bits per heavy atom. The molecule has 1 heteroatoms. The molecule has 17 heavy (non-hydrogen) atoms. The summed E-state index contributed by atoms with van der Waals surface area (Å²) < 4.78 is 0. The Kier molecular flexibility index (Phi) is 2.74. The van der Waals surface area contributed by atoms with E-state index in [9.17, 15) is 0 Å². The summed E-state index contributed by atoms with van der Waals surface area (Å²) in [6, 6.07) is 8.95. The van der Waals surface area contributed by atoms with Gasteiger partial charge in [-0.1, -0.05) is 37.6 Å². The molecule has 1 aromatic rings. The zero-order valence-electron chi connectivity index (χ0n) is 10.8. The summed E-state index contributed by atoms with van der Waals surface area (Å²) in [5, 5.41) is 0. The van der Waals surface area contributed by atoms with Crippen molar-refractivity contribution < 1.29 is 0 Å². The minimum absolute atomic E-state index is 0.131. The Balaban J connectivity index is 1.87. The molecule has 0 spiro atoms. The van der Waals surface area contributed by atoms with Gasteiger partial charge in [0.05, 0.1) is 0 Å². The van der Waals surface area contributed by atoms with Gasteiger partial charge in [0.25, 0.3) is 0 Å². The van der Waals surface area contributed by atoms with Crippen LogP contribution in [-0.2, 0) is 6.42 Å². The minimum atomic E-state index is 0.131. The monoisotopic (exact) mass is 229 g/mol. The Labute approximate surface area is 104 Å². The number of nitrogens with two attached hydrogens (primary N) is 1. The summed E-state index contributed by atoms with van der Waals surface area (Å²) >= 11 is 0. The standard InChI is InChI=1S/C16H23N/c1-2-6-13-11-16(13,17)15-10-5-8-12-7-3-4-9-14(12)15/h3-4,7,9,13,15H,2,5-6,8,10-11,17H2,1H3. The van der Waals surface area contributed by atoms with Crippen molar-refractivity contribution in [1.82, 2.24) is 0 Å². The van der Waals surface area contributed by atoms with E-state index in [1.165, 1.54) is 38.5 Å². The van der Waals surface area contributed by atoms with Gasteiger partial charge >= 0.3 is 0 Å². The molecular weight excluding hydrogens is 206 g/mol. The van der Waals surface area contributed by atoms with E-state index in [-0.39, 0.29) is 5.54 Å². The van der Waals surface area contributed by atoms with Crippen LogP contribution in [0.15, 0.2) is 24.3 Å². The second-order valence-electron chi connectivity index (χ2n) is 5.95. The van der Waals surface area contributed by atoms with Crippen LogP contribution in [0.25, 0.3) is 0 Å². The highest BCUT2D eigenvalue weighted by atomic mass is 14.9. The van der Waals surface area contributed by atoms with Gasteiger partial charge in [-0.3, -0.25) is 0 Å². The predicted octanol–water partition coefficient (Wildman–Crippen LogP) is 3.62. The quantitative estimate of drug-likeness (QED) is 0.841. The van der Waals surface area contributed by atoms with Crippen LogP contribution in [0.4, 0.5) is 0 Å². The summed E-state index contributed by atoms with van der Waals surface area (Å²) in [7, 11) is 0. The van der Waals surface area contributed by atoms with Crippen LogP contribution < -0.4 is 5.73 Å². The average Bonchev–Trinajstić information content (AvgIpc) is 3.01. The summed E-state index contributed by atoms with van der Waals surface area (Å²) in [4.78, 5) is 0. The highest BCUT2D eigenvalue weighted by Crippen LogP contribution is 2.56. The van der Waals surface area contributed by atoms with E-state index >= 15 is 0 Å². The molecule has 0 radical (unpaired) electrons. The van der Waals surface area contributed by atoms with Crippen molar-refractivity contribution >= 4 is 0 Å². The van der Waals surface area contributed by atoms with E-state index in [0.717, 1.165) is 5.92 Å². The Morgan fingerprint density at radius 1 is 1.35 bits per heavy atom. The number of fused-ring (bicyclic) bond motifs is 1. The van der Waals surface area contributed by atoms with Crippen LogP contribution >= 0.6 is 0 Å². The first kappa shape index (κ1) is 11.3. The fourth-order valence-corrected chi connectivity index (χ4v) is 3.83. The maximum absolute atomic E-state index is 6.67. The fraction of sp³-hybridized carbons (Fsp3) is 0.625. The molecule has 2 aliphatic carbocycles. The smallest absolute Gasteiger partial charge is 0.0256 e. The van der Waals surface area contributed by atoms with Gasteiger partial charge in [0, 0.05) is 11.5 Å². The van der Waals surface area contributed by atoms with Gasteiger partial charge in [-0.25, -0.2) is 0 Å². The van der Waals surface area contributed by atoms with E-state index in [4.69, 9.17) is 5.73 Å². The van der Waals surface area contributed by atoms with Crippen LogP contribution in [0.5, 0.6) is 0 Å². The van der Waals surface area contributed by atoms with Crippen LogP contribution in [0.1, 0.15) is 56.1 Å². The zero-order valence-corrected chi connectivity index (χ0v) is 10.8. The van der Waals surface area contributed by atoms with E-state index < -0.39 is 0 Å². The van der Waals surface area contributed by atoms with Gasteiger partial charge in [-0.15, -0.1) is 0 Å². The lowest BCUT2D eigenvalue weighted by atomic mass is 9.76. The third kappa shape index (κ3) is 1.81. The molecule has 0 aromatic heterocycles. The molecule has 1 fully saturated rings. The van der Waals surface area contributed by atoms with Gasteiger partial charge in [0.15, 0.2) is 0 Å². The van der Waals surface area contributed by atoms with Crippen LogP contribution in [-0.4, -0.2) is 5.54 Å². The molecule has 0 heterocycles. The normalized spacial score (nSPS) is 35.4. The Hall–Kier alpha value is -0.820. The molecule has 3 unspecified atom stereocenters. The van der Waals surface area contributed by atoms with Crippen molar-refractivity contribution in [3.63, 3.8) is 0 Å². The summed E-state index contributed by atoms with van der Waals surface area (Å²) in [6.45, 7) is 2.27. The first-order chi connectivity index (χ1) is 8.25. The fourth-order valence-electron chi connectivity index (χ4n) is 3.83. The molecule has 3 rings (SSSR count). The molecule has 2 N–H and O–H groups in total. The number of hydrogen-bond acceptors (Lipinski definition) is 1. The van der Waals surface area contributed by atoms with E-state index in [2.05, 4.69) is 31.2 Å². The van der Waals surface area contributed by atoms with Crippen molar-refractivity contribution in [2.45, 2.75) is 56.9 Å². The van der Waals surface area contributed by atoms with Crippen LogP contribution in [0.2, 0.25) is 0 Å². The molecule has 3 atom stereocenters. The molecule has 0 aliphatic heterocycles. The first-order valence-corrected chi connectivity index (χ1v) is 7.12. The largest absolute Gasteiger partial charge is 0.324 e. The number of rotatable bonds is 3.